The molecule has 0 unspecified atom stereocenters. The third kappa shape index (κ3) is 5.62. The Kier molecular flexibility index (Phi) is 6.13. The molecule has 7 nitrogen and oxygen atoms in total. The second-order valence-electron chi connectivity index (χ2n) is 4.18. The highest BCUT2D eigenvalue weighted by atomic mass is 16.4. The van der Waals surface area contributed by atoms with Crippen molar-refractivity contribution >= 4 is 11.9 Å². The Morgan fingerprint density at radius 3 is 2.83 bits per heavy atom. The molecule has 0 fully saturated rings. The monoisotopic (exact) mass is 255 g/mol. The molecule has 0 bridgehead atoms. The van der Waals surface area contributed by atoms with Gasteiger partial charge in [-0.2, -0.15) is 0 Å². The van der Waals surface area contributed by atoms with E-state index >= 15 is 0 Å². The lowest BCUT2D eigenvalue weighted by Crippen LogP contribution is -2.31. The minimum absolute atomic E-state index is 0.00453. The normalized spacial score (nSPS) is 10.7. The summed E-state index contributed by atoms with van der Waals surface area (Å²) in [7, 11) is 0. The van der Waals surface area contributed by atoms with E-state index in [2.05, 4.69) is 26.1 Å². The van der Waals surface area contributed by atoms with Gasteiger partial charge in [-0.25, -0.2) is 0 Å². The van der Waals surface area contributed by atoms with E-state index in [4.69, 9.17) is 4.42 Å². The Morgan fingerprint density at radius 2 is 2.17 bits per heavy atom. The summed E-state index contributed by atoms with van der Waals surface area (Å²) in [4.78, 5) is 11.4. The lowest BCUT2D eigenvalue weighted by Gasteiger charge is -2.07. The molecule has 0 atom stereocenters. The number of hydrogen-bond acceptors (Lipinski definition) is 6. The zero-order chi connectivity index (χ0) is 13.4. The number of nitrogens with one attached hydrogen (secondary N) is 3. The number of carbonyl (C=O) groups is 1. The van der Waals surface area contributed by atoms with Crippen LogP contribution in [0.1, 0.15) is 33.1 Å². The van der Waals surface area contributed by atoms with E-state index in [1.807, 2.05) is 20.8 Å². The topological polar surface area (TPSA) is 92.1 Å². The summed E-state index contributed by atoms with van der Waals surface area (Å²) in [5.74, 6) is 0.538. The van der Waals surface area contributed by atoms with Crippen molar-refractivity contribution in [2.75, 3.05) is 18.4 Å². The van der Waals surface area contributed by atoms with Gasteiger partial charge in [-0.1, -0.05) is 12.0 Å². The van der Waals surface area contributed by atoms with E-state index < -0.39 is 0 Å². The number of anilines is 1. The van der Waals surface area contributed by atoms with Crippen molar-refractivity contribution in [2.24, 2.45) is 0 Å². The number of rotatable bonds is 8. The van der Waals surface area contributed by atoms with Gasteiger partial charge in [0.25, 0.3) is 0 Å². The van der Waals surface area contributed by atoms with Gasteiger partial charge in [-0.15, -0.1) is 5.10 Å². The summed E-state index contributed by atoms with van der Waals surface area (Å²) in [6.07, 6.45) is 0.378. The average molecular weight is 255 g/mol. The van der Waals surface area contributed by atoms with E-state index in [-0.39, 0.29) is 11.9 Å². The molecule has 0 aliphatic rings. The first-order valence-corrected chi connectivity index (χ1v) is 6.18. The van der Waals surface area contributed by atoms with Crippen LogP contribution in [0.4, 0.5) is 6.01 Å². The standard InChI is InChI=1S/C11H21N5O2/c1-4-12-7-10-15-16-11(18-10)13-6-5-9(17)14-8(2)3/h8,12H,4-7H2,1-3H3,(H,13,16)(H,14,17). The molecule has 1 aromatic rings. The predicted molar refractivity (Wildman–Crippen MR) is 68.1 cm³/mol. The van der Waals surface area contributed by atoms with Gasteiger partial charge in [0.15, 0.2) is 0 Å². The third-order valence-corrected chi connectivity index (χ3v) is 2.07. The van der Waals surface area contributed by atoms with Crippen LogP contribution in [-0.4, -0.2) is 35.2 Å². The summed E-state index contributed by atoms with van der Waals surface area (Å²) >= 11 is 0. The number of nitrogens with zero attached hydrogens (tertiary/aromatic N) is 2. The molecule has 0 saturated heterocycles. The first kappa shape index (κ1) is 14.4. The van der Waals surface area contributed by atoms with E-state index in [1.54, 1.807) is 0 Å². The van der Waals surface area contributed by atoms with Crippen molar-refractivity contribution in [3.05, 3.63) is 5.89 Å². The first-order chi connectivity index (χ1) is 8.61. The molecule has 0 radical (unpaired) electrons. The highest BCUT2D eigenvalue weighted by Crippen LogP contribution is 2.04. The number of amides is 1. The predicted octanol–water partition coefficient (Wildman–Crippen LogP) is 0.506. The van der Waals surface area contributed by atoms with Crippen molar-refractivity contribution < 1.29 is 9.21 Å². The lowest BCUT2D eigenvalue weighted by molar-refractivity contribution is -0.121. The Bertz CT molecular complexity index is 364. The number of carbonyl (C=O) groups excluding carboxylic acids is 1. The fourth-order valence-corrected chi connectivity index (χ4v) is 1.31. The summed E-state index contributed by atoms with van der Waals surface area (Å²) in [6, 6.07) is 0.507. The van der Waals surface area contributed by atoms with Crippen molar-refractivity contribution in [3.63, 3.8) is 0 Å². The summed E-state index contributed by atoms with van der Waals surface area (Å²) < 4.78 is 5.32. The van der Waals surface area contributed by atoms with Crippen LogP contribution in [-0.2, 0) is 11.3 Å². The van der Waals surface area contributed by atoms with Crippen molar-refractivity contribution in [1.82, 2.24) is 20.8 Å². The van der Waals surface area contributed by atoms with Gasteiger partial charge in [0.05, 0.1) is 6.54 Å². The van der Waals surface area contributed by atoms with Crippen molar-refractivity contribution in [2.45, 2.75) is 39.8 Å². The van der Waals surface area contributed by atoms with Gasteiger partial charge in [-0.05, 0) is 20.4 Å². The van der Waals surface area contributed by atoms with Crippen LogP contribution in [0.15, 0.2) is 4.42 Å². The van der Waals surface area contributed by atoms with E-state index in [1.165, 1.54) is 0 Å². The Hall–Kier alpha value is -1.63. The van der Waals surface area contributed by atoms with Gasteiger partial charge in [0.2, 0.25) is 11.8 Å². The summed E-state index contributed by atoms with van der Waals surface area (Å²) in [6.45, 7) is 7.73. The molecule has 0 aliphatic heterocycles. The quantitative estimate of drug-likeness (QED) is 0.626. The SMILES string of the molecule is CCNCc1nnc(NCCC(=O)NC(C)C)o1. The highest BCUT2D eigenvalue weighted by molar-refractivity contribution is 5.76. The average Bonchev–Trinajstić information content (AvgIpc) is 2.73. The van der Waals surface area contributed by atoms with Crippen molar-refractivity contribution in [3.8, 4) is 0 Å². The largest absolute Gasteiger partial charge is 0.407 e. The molecular formula is C11H21N5O2. The van der Waals surface area contributed by atoms with Crippen LogP contribution in [0.3, 0.4) is 0 Å². The van der Waals surface area contributed by atoms with Crippen LogP contribution in [0.25, 0.3) is 0 Å². The van der Waals surface area contributed by atoms with E-state index in [9.17, 15) is 4.79 Å². The molecule has 0 saturated carbocycles. The molecule has 0 spiro atoms. The van der Waals surface area contributed by atoms with Crippen LogP contribution in [0, 0.1) is 0 Å². The molecule has 1 amide bonds. The zero-order valence-corrected chi connectivity index (χ0v) is 11.1. The molecule has 1 heterocycles. The highest BCUT2D eigenvalue weighted by Gasteiger charge is 2.06. The number of aromatic nitrogens is 2. The molecule has 0 aromatic carbocycles. The third-order valence-electron chi connectivity index (χ3n) is 2.07. The summed E-state index contributed by atoms with van der Waals surface area (Å²) in [5, 5.41) is 16.5. The smallest absolute Gasteiger partial charge is 0.315 e. The van der Waals surface area contributed by atoms with Gasteiger partial charge in [-0.3, -0.25) is 4.79 Å². The Balaban J connectivity index is 2.22. The molecule has 1 rings (SSSR count). The minimum Gasteiger partial charge on any atom is -0.407 e. The van der Waals surface area contributed by atoms with Crippen LogP contribution in [0.2, 0.25) is 0 Å². The zero-order valence-electron chi connectivity index (χ0n) is 11.1. The second-order valence-corrected chi connectivity index (χ2v) is 4.18. The minimum atomic E-state index is 0.00453. The fourth-order valence-electron chi connectivity index (χ4n) is 1.31. The maximum Gasteiger partial charge on any atom is 0.315 e. The van der Waals surface area contributed by atoms with Crippen LogP contribution >= 0.6 is 0 Å². The van der Waals surface area contributed by atoms with Crippen molar-refractivity contribution in [1.29, 1.82) is 0 Å². The number of hydrogen-bond donors (Lipinski definition) is 3. The van der Waals surface area contributed by atoms with Crippen LogP contribution in [0.5, 0.6) is 0 Å². The molecule has 0 aliphatic carbocycles. The van der Waals surface area contributed by atoms with Gasteiger partial charge >= 0.3 is 6.01 Å². The maximum absolute atomic E-state index is 11.4. The van der Waals surface area contributed by atoms with E-state index in [0.29, 0.717) is 31.4 Å². The van der Waals surface area contributed by atoms with Gasteiger partial charge in [0, 0.05) is 19.0 Å². The molecular weight excluding hydrogens is 234 g/mol. The fraction of sp³-hybridized carbons (Fsp3) is 0.727. The molecule has 18 heavy (non-hydrogen) atoms. The Labute approximate surface area is 107 Å². The lowest BCUT2D eigenvalue weighted by atomic mass is 10.3. The second kappa shape index (κ2) is 7.65. The molecule has 7 heteroatoms. The van der Waals surface area contributed by atoms with Gasteiger partial charge in [0.1, 0.15) is 0 Å². The van der Waals surface area contributed by atoms with Gasteiger partial charge < -0.3 is 20.4 Å². The maximum atomic E-state index is 11.4. The van der Waals surface area contributed by atoms with E-state index in [0.717, 1.165) is 6.54 Å². The molecule has 102 valence electrons. The molecule has 1 aromatic heterocycles. The Morgan fingerprint density at radius 1 is 1.39 bits per heavy atom. The summed E-state index contributed by atoms with van der Waals surface area (Å²) in [5.41, 5.74) is 0. The van der Waals surface area contributed by atoms with Crippen LogP contribution < -0.4 is 16.0 Å². The first-order valence-electron chi connectivity index (χ1n) is 6.18. The molecule has 3 N–H and O–H groups in total.